The highest BCUT2D eigenvalue weighted by Gasteiger charge is 2.44. The largest absolute Gasteiger partial charge is 0.461 e. The molecule has 5 rings (SSSR count). The highest BCUT2D eigenvalue weighted by molar-refractivity contribution is 5.80. The van der Waals surface area contributed by atoms with Crippen molar-refractivity contribution in [2.24, 2.45) is 4.99 Å². The third-order valence-corrected chi connectivity index (χ3v) is 7.15. The average Bonchev–Trinajstić information content (AvgIpc) is 3.61. The summed E-state index contributed by atoms with van der Waals surface area (Å²) in [5, 5.41) is 0. The summed E-state index contributed by atoms with van der Waals surface area (Å²) in [6.45, 7) is 4.20. The summed E-state index contributed by atoms with van der Waals surface area (Å²) in [7, 11) is 1.70. The average molecular weight is 611 g/mol. The number of ether oxygens (including phenoxy) is 3. The van der Waals surface area contributed by atoms with E-state index in [1.807, 2.05) is 48.5 Å². The Morgan fingerprint density at radius 2 is 1.73 bits per heavy atom. The summed E-state index contributed by atoms with van der Waals surface area (Å²) in [6, 6.07) is 21.5. The standard InChI is InChI=1S/C33H34F4N4O3/c1-3-4-15-41-28(27(18-38-2)39-31(41)25-10-6-5-7-11-25)21-40(20-24-13-14-29-30(17-24)43-22-42-29)19-23-9-8-12-26(16-23)44-33(36,37)32(34)35/h5-14,16-18,32H,3-4,15,19-22H2,1-2H3. The molecule has 7 nitrogen and oxygen atoms in total. The number of hydrogen-bond acceptors (Lipinski definition) is 6. The zero-order chi connectivity index (χ0) is 31.1. The molecule has 0 unspecified atom stereocenters. The van der Waals surface area contributed by atoms with Crippen molar-refractivity contribution in [3.63, 3.8) is 0 Å². The number of alkyl halides is 4. The van der Waals surface area contributed by atoms with Gasteiger partial charge in [0.05, 0.1) is 5.69 Å². The highest BCUT2D eigenvalue weighted by Crippen LogP contribution is 2.34. The van der Waals surface area contributed by atoms with Gasteiger partial charge in [-0.3, -0.25) is 9.89 Å². The molecule has 11 heteroatoms. The lowest BCUT2D eigenvalue weighted by Crippen LogP contribution is -2.33. The summed E-state index contributed by atoms with van der Waals surface area (Å²) >= 11 is 0. The van der Waals surface area contributed by atoms with Crippen molar-refractivity contribution < 1.29 is 31.8 Å². The summed E-state index contributed by atoms with van der Waals surface area (Å²) in [6.07, 6.45) is -4.89. The number of rotatable bonds is 14. The van der Waals surface area contributed by atoms with Crippen molar-refractivity contribution in [2.75, 3.05) is 13.8 Å². The summed E-state index contributed by atoms with van der Waals surface area (Å²) in [5.41, 5.74) is 4.21. The maximum Gasteiger partial charge on any atom is 0.461 e. The molecular weight excluding hydrogens is 576 g/mol. The Labute approximate surface area is 253 Å². The Kier molecular flexibility index (Phi) is 9.84. The number of hydrogen-bond donors (Lipinski definition) is 0. The van der Waals surface area contributed by atoms with Crippen molar-refractivity contribution in [1.29, 1.82) is 0 Å². The first kappa shape index (κ1) is 31.1. The van der Waals surface area contributed by atoms with Gasteiger partial charge in [0.15, 0.2) is 11.5 Å². The van der Waals surface area contributed by atoms with E-state index in [-0.39, 0.29) is 12.5 Å². The lowest BCUT2D eigenvalue weighted by molar-refractivity contribution is -0.253. The van der Waals surface area contributed by atoms with E-state index in [1.54, 1.807) is 19.3 Å². The van der Waals surface area contributed by atoms with Crippen LogP contribution in [-0.4, -0.2) is 47.0 Å². The monoisotopic (exact) mass is 610 g/mol. The van der Waals surface area contributed by atoms with E-state index in [1.165, 1.54) is 18.2 Å². The van der Waals surface area contributed by atoms with Gasteiger partial charge in [-0.05, 0) is 41.8 Å². The molecule has 0 saturated heterocycles. The fourth-order valence-corrected chi connectivity index (χ4v) is 5.11. The van der Waals surface area contributed by atoms with Gasteiger partial charge in [0.1, 0.15) is 17.3 Å². The second-order valence-electron chi connectivity index (χ2n) is 10.5. The second kappa shape index (κ2) is 13.9. The summed E-state index contributed by atoms with van der Waals surface area (Å²) < 4.78 is 70.7. The van der Waals surface area contributed by atoms with Crippen LogP contribution < -0.4 is 14.2 Å². The molecule has 232 valence electrons. The third kappa shape index (κ3) is 7.39. The van der Waals surface area contributed by atoms with E-state index >= 15 is 0 Å². The minimum Gasteiger partial charge on any atom is -0.454 e. The number of aliphatic imine (C=N–C) groups is 1. The normalized spacial score (nSPS) is 13.0. The van der Waals surface area contributed by atoms with Gasteiger partial charge in [-0.1, -0.05) is 61.9 Å². The van der Waals surface area contributed by atoms with Crippen LogP contribution in [0, 0.1) is 0 Å². The second-order valence-corrected chi connectivity index (χ2v) is 10.5. The van der Waals surface area contributed by atoms with E-state index in [4.69, 9.17) is 14.5 Å². The fourth-order valence-electron chi connectivity index (χ4n) is 5.11. The quantitative estimate of drug-likeness (QED) is 0.109. The predicted molar refractivity (Wildman–Crippen MR) is 160 cm³/mol. The van der Waals surface area contributed by atoms with Crippen LogP contribution in [0.5, 0.6) is 17.2 Å². The van der Waals surface area contributed by atoms with Gasteiger partial charge in [-0.15, -0.1) is 0 Å². The Hall–Kier alpha value is -4.38. The number of unbranched alkanes of at least 4 members (excludes halogenated alkanes) is 1. The van der Waals surface area contributed by atoms with Crippen molar-refractivity contribution in [1.82, 2.24) is 14.5 Å². The van der Waals surface area contributed by atoms with Crippen LogP contribution in [0.15, 0.2) is 77.8 Å². The SMILES string of the molecule is CCCCn1c(-c2ccccc2)nc(C=NC)c1CN(Cc1cccc(OC(F)(F)C(F)F)c1)Cc1ccc2c(c1)OCO2. The van der Waals surface area contributed by atoms with E-state index in [2.05, 4.69) is 26.1 Å². The number of aromatic nitrogens is 2. The number of nitrogens with zero attached hydrogens (tertiary/aromatic N) is 4. The molecule has 3 aromatic carbocycles. The van der Waals surface area contributed by atoms with Crippen LogP contribution in [-0.2, 0) is 26.2 Å². The molecule has 0 spiro atoms. The molecule has 0 bridgehead atoms. The molecule has 4 aromatic rings. The first-order valence-electron chi connectivity index (χ1n) is 14.4. The van der Waals surface area contributed by atoms with E-state index < -0.39 is 12.5 Å². The minimum atomic E-state index is -4.60. The number of benzene rings is 3. The maximum absolute atomic E-state index is 13.7. The lowest BCUT2D eigenvalue weighted by atomic mass is 10.1. The van der Waals surface area contributed by atoms with Gasteiger partial charge in [-0.2, -0.15) is 17.6 Å². The van der Waals surface area contributed by atoms with Crippen LogP contribution in [0.2, 0.25) is 0 Å². The fraction of sp³-hybridized carbons (Fsp3) is 0.333. The molecule has 44 heavy (non-hydrogen) atoms. The van der Waals surface area contributed by atoms with Crippen LogP contribution >= 0.6 is 0 Å². The lowest BCUT2D eigenvalue weighted by Gasteiger charge is -2.25. The zero-order valence-electron chi connectivity index (χ0n) is 24.6. The number of fused-ring (bicyclic) bond motifs is 1. The number of imidazole rings is 1. The van der Waals surface area contributed by atoms with Crippen LogP contribution in [0.1, 0.15) is 42.3 Å². The molecule has 0 N–H and O–H groups in total. The molecule has 0 fully saturated rings. The van der Waals surface area contributed by atoms with Crippen molar-refractivity contribution >= 4 is 6.21 Å². The Bertz CT molecular complexity index is 1580. The van der Waals surface area contributed by atoms with Gasteiger partial charge in [0.2, 0.25) is 6.79 Å². The Morgan fingerprint density at radius 1 is 0.977 bits per heavy atom. The van der Waals surface area contributed by atoms with Gasteiger partial charge < -0.3 is 18.8 Å². The first-order valence-corrected chi connectivity index (χ1v) is 14.4. The molecular formula is C33H34F4N4O3. The van der Waals surface area contributed by atoms with Crippen molar-refractivity contribution in [2.45, 2.75) is 58.5 Å². The zero-order valence-corrected chi connectivity index (χ0v) is 24.6. The van der Waals surface area contributed by atoms with Gasteiger partial charge in [-0.25, -0.2) is 4.98 Å². The molecule has 0 aliphatic carbocycles. The van der Waals surface area contributed by atoms with Crippen molar-refractivity contribution in [3.05, 3.63) is 95.3 Å². The van der Waals surface area contributed by atoms with Crippen LogP contribution in [0.25, 0.3) is 11.4 Å². The first-order chi connectivity index (χ1) is 21.3. The van der Waals surface area contributed by atoms with Crippen molar-refractivity contribution in [3.8, 4) is 28.6 Å². The molecule has 0 radical (unpaired) electrons. The van der Waals surface area contributed by atoms with E-state index in [0.717, 1.165) is 47.7 Å². The predicted octanol–water partition coefficient (Wildman–Crippen LogP) is 7.57. The molecule has 0 atom stereocenters. The van der Waals surface area contributed by atoms with Crippen LogP contribution in [0.4, 0.5) is 17.6 Å². The van der Waals surface area contributed by atoms with Gasteiger partial charge >= 0.3 is 12.5 Å². The maximum atomic E-state index is 13.7. The Morgan fingerprint density at radius 3 is 2.45 bits per heavy atom. The van der Waals surface area contributed by atoms with Gasteiger partial charge in [0, 0.05) is 45.0 Å². The smallest absolute Gasteiger partial charge is 0.454 e. The molecule has 2 heterocycles. The number of halogens is 4. The molecule has 1 aliphatic rings. The summed E-state index contributed by atoms with van der Waals surface area (Å²) in [4.78, 5) is 11.4. The minimum absolute atomic E-state index is 0.150. The van der Waals surface area contributed by atoms with E-state index in [9.17, 15) is 17.6 Å². The van der Waals surface area contributed by atoms with Crippen LogP contribution in [0.3, 0.4) is 0 Å². The molecule has 1 aromatic heterocycles. The summed E-state index contributed by atoms with van der Waals surface area (Å²) in [5.74, 6) is 1.80. The molecule has 1 aliphatic heterocycles. The third-order valence-electron chi connectivity index (χ3n) is 7.15. The highest BCUT2D eigenvalue weighted by atomic mass is 19.3. The topological polar surface area (TPSA) is 61.1 Å². The molecule has 0 amide bonds. The van der Waals surface area contributed by atoms with E-state index in [0.29, 0.717) is 36.7 Å². The van der Waals surface area contributed by atoms with Gasteiger partial charge in [0.25, 0.3) is 0 Å². The molecule has 0 saturated carbocycles. The Balaban J connectivity index is 1.52.